The summed E-state index contributed by atoms with van der Waals surface area (Å²) in [4.78, 5) is 23.0. The lowest BCUT2D eigenvalue weighted by atomic mass is 10.0. The zero-order valence-corrected chi connectivity index (χ0v) is 14.6. The largest absolute Gasteiger partial charge is 0.478 e. The van der Waals surface area contributed by atoms with Crippen molar-refractivity contribution in [2.75, 3.05) is 11.6 Å². The van der Waals surface area contributed by atoms with Gasteiger partial charge in [-0.3, -0.25) is 4.79 Å². The van der Waals surface area contributed by atoms with E-state index >= 15 is 0 Å². The molecule has 0 unspecified atom stereocenters. The van der Waals surface area contributed by atoms with E-state index in [4.69, 9.17) is 5.11 Å². The molecule has 1 aliphatic rings. The standard InChI is InChI=1S/C17H23NO5S/c1-24(22,23)15-10-13(17(20)21)9-14(11-15)18-16(19)8-4-7-12-5-2-3-6-12/h9-12H,2-8H2,1H3,(H,18,19)(H,20,21). The van der Waals surface area contributed by atoms with Crippen LogP contribution in [0.4, 0.5) is 5.69 Å². The number of benzene rings is 1. The van der Waals surface area contributed by atoms with Crippen molar-refractivity contribution in [2.24, 2.45) is 5.92 Å². The van der Waals surface area contributed by atoms with Crippen molar-refractivity contribution in [3.63, 3.8) is 0 Å². The van der Waals surface area contributed by atoms with Gasteiger partial charge < -0.3 is 10.4 Å². The Labute approximate surface area is 142 Å². The lowest BCUT2D eigenvalue weighted by Crippen LogP contribution is -2.13. The van der Waals surface area contributed by atoms with Crippen LogP contribution < -0.4 is 5.32 Å². The highest BCUT2D eigenvalue weighted by Gasteiger charge is 2.16. The van der Waals surface area contributed by atoms with Crippen LogP contribution in [-0.2, 0) is 14.6 Å². The summed E-state index contributed by atoms with van der Waals surface area (Å²) in [7, 11) is -3.56. The summed E-state index contributed by atoms with van der Waals surface area (Å²) in [6, 6.07) is 3.65. The molecule has 1 saturated carbocycles. The normalized spacial score (nSPS) is 15.4. The first-order valence-corrected chi connectivity index (χ1v) is 10.0. The molecule has 0 bridgehead atoms. The highest BCUT2D eigenvalue weighted by molar-refractivity contribution is 7.90. The van der Waals surface area contributed by atoms with Crippen LogP contribution in [0.3, 0.4) is 0 Å². The molecule has 1 aromatic carbocycles. The van der Waals surface area contributed by atoms with Crippen molar-refractivity contribution in [2.45, 2.75) is 49.8 Å². The maximum Gasteiger partial charge on any atom is 0.335 e. The number of carbonyl (C=O) groups excluding carboxylic acids is 1. The van der Waals surface area contributed by atoms with Crippen LogP contribution in [0.1, 0.15) is 55.3 Å². The fraction of sp³-hybridized carbons (Fsp3) is 0.529. The summed E-state index contributed by atoms with van der Waals surface area (Å²) in [6.07, 6.45) is 8.18. The minimum atomic E-state index is -3.56. The second kappa shape index (κ2) is 7.79. The molecule has 1 aliphatic carbocycles. The second-order valence-corrected chi connectivity index (χ2v) is 8.43. The zero-order chi connectivity index (χ0) is 17.7. The predicted molar refractivity (Wildman–Crippen MR) is 90.9 cm³/mol. The molecular formula is C17H23NO5S. The van der Waals surface area contributed by atoms with Crippen LogP contribution in [0.25, 0.3) is 0 Å². The van der Waals surface area contributed by atoms with E-state index in [1.807, 2.05) is 0 Å². The Morgan fingerprint density at radius 1 is 1.21 bits per heavy atom. The topological polar surface area (TPSA) is 101 Å². The molecule has 132 valence electrons. The third-order valence-corrected chi connectivity index (χ3v) is 5.45. The van der Waals surface area contributed by atoms with E-state index in [2.05, 4.69) is 5.32 Å². The Morgan fingerprint density at radius 3 is 2.46 bits per heavy atom. The van der Waals surface area contributed by atoms with Crippen LogP contribution in [-0.4, -0.2) is 31.7 Å². The average Bonchev–Trinajstić information content (AvgIpc) is 2.99. The third-order valence-electron chi connectivity index (χ3n) is 4.36. The Balaban J connectivity index is 2.00. The molecule has 7 heteroatoms. The maximum atomic E-state index is 12.0. The number of amides is 1. The Bertz CT molecular complexity index is 720. The quantitative estimate of drug-likeness (QED) is 0.784. The monoisotopic (exact) mass is 353 g/mol. The van der Waals surface area contributed by atoms with Gasteiger partial charge in [-0.15, -0.1) is 0 Å². The van der Waals surface area contributed by atoms with E-state index in [1.54, 1.807) is 0 Å². The number of hydrogen-bond donors (Lipinski definition) is 2. The number of anilines is 1. The van der Waals surface area contributed by atoms with Crippen LogP contribution in [0.5, 0.6) is 0 Å². The molecule has 6 nitrogen and oxygen atoms in total. The van der Waals surface area contributed by atoms with Gasteiger partial charge in [-0.1, -0.05) is 25.7 Å². The van der Waals surface area contributed by atoms with Crippen molar-refractivity contribution in [1.82, 2.24) is 0 Å². The molecule has 24 heavy (non-hydrogen) atoms. The number of sulfone groups is 1. The molecule has 1 fully saturated rings. The fourth-order valence-electron chi connectivity index (χ4n) is 3.08. The van der Waals surface area contributed by atoms with Crippen molar-refractivity contribution in [3.8, 4) is 0 Å². The van der Waals surface area contributed by atoms with E-state index in [-0.39, 0.29) is 22.1 Å². The van der Waals surface area contributed by atoms with E-state index in [1.165, 1.54) is 37.8 Å². The van der Waals surface area contributed by atoms with Gasteiger partial charge in [0.2, 0.25) is 5.91 Å². The first-order valence-electron chi connectivity index (χ1n) is 8.14. The SMILES string of the molecule is CS(=O)(=O)c1cc(NC(=O)CCCC2CCCC2)cc(C(=O)O)c1. The number of nitrogens with one attached hydrogen (secondary N) is 1. The molecule has 0 spiro atoms. The lowest BCUT2D eigenvalue weighted by molar-refractivity contribution is -0.116. The fourth-order valence-corrected chi connectivity index (χ4v) is 3.76. The number of carbonyl (C=O) groups is 2. The zero-order valence-electron chi connectivity index (χ0n) is 13.7. The summed E-state index contributed by atoms with van der Waals surface area (Å²) in [5.74, 6) is -0.753. The van der Waals surface area contributed by atoms with Gasteiger partial charge in [0.25, 0.3) is 0 Å². The Hall–Kier alpha value is -1.89. The summed E-state index contributed by atoms with van der Waals surface area (Å²) >= 11 is 0. The molecule has 0 heterocycles. The molecule has 0 aliphatic heterocycles. The first-order chi connectivity index (χ1) is 11.3. The summed E-state index contributed by atoms with van der Waals surface area (Å²) in [5.41, 5.74) is 0.0281. The van der Waals surface area contributed by atoms with E-state index < -0.39 is 15.8 Å². The number of rotatable bonds is 7. The molecule has 0 saturated heterocycles. The Morgan fingerprint density at radius 2 is 1.88 bits per heavy atom. The minimum Gasteiger partial charge on any atom is -0.478 e. The predicted octanol–water partition coefficient (Wildman–Crippen LogP) is 3.09. The molecule has 0 atom stereocenters. The molecule has 2 N–H and O–H groups in total. The summed E-state index contributed by atoms with van der Waals surface area (Å²) < 4.78 is 23.3. The molecule has 0 aromatic heterocycles. The molecular weight excluding hydrogens is 330 g/mol. The van der Waals surface area contributed by atoms with Crippen molar-refractivity contribution in [3.05, 3.63) is 23.8 Å². The van der Waals surface area contributed by atoms with Crippen LogP contribution in [0, 0.1) is 5.92 Å². The van der Waals surface area contributed by atoms with Crippen molar-refractivity contribution < 1.29 is 23.1 Å². The first kappa shape index (κ1) is 18.4. The van der Waals surface area contributed by atoms with Gasteiger partial charge in [0.05, 0.1) is 10.5 Å². The van der Waals surface area contributed by atoms with Gasteiger partial charge in [0, 0.05) is 18.4 Å². The van der Waals surface area contributed by atoms with E-state index in [9.17, 15) is 18.0 Å². The van der Waals surface area contributed by atoms with Gasteiger partial charge in [-0.2, -0.15) is 0 Å². The molecule has 1 aromatic rings. The van der Waals surface area contributed by atoms with Gasteiger partial charge in [-0.25, -0.2) is 13.2 Å². The molecule has 0 radical (unpaired) electrons. The lowest BCUT2D eigenvalue weighted by Gasteiger charge is -2.10. The van der Waals surface area contributed by atoms with E-state index in [0.717, 1.165) is 25.2 Å². The van der Waals surface area contributed by atoms with Crippen LogP contribution in [0.15, 0.2) is 23.1 Å². The van der Waals surface area contributed by atoms with Gasteiger partial charge in [0.1, 0.15) is 0 Å². The Kier molecular flexibility index (Phi) is 5.99. The summed E-state index contributed by atoms with van der Waals surface area (Å²) in [5, 5.41) is 11.7. The number of aromatic carboxylic acids is 1. The number of hydrogen-bond acceptors (Lipinski definition) is 4. The molecule has 1 amide bonds. The van der Waals surface area contributed by atoms with Gasteiger partial charge in [-0.05, 0) is 37.0 Å². The summed E-state index contributed by atoms with van der Waals surface area (Å²) in [6.45, 7) is 0. The highest BCUT2D eigenvalue weighted by atomic mass is 32.2. The van der Waals surface area contributed by atoms with Crippen molar-refractivity contribution in [1.29, 1.82) is 0 Å². The average molecular weight is 353 g/mol. The number of carboxylic acid groups (broad SMARTS) is 1. The van der Waals surface area contributed by atoms with Gasteiger partial charge in [0.15, 0.2) is 9.84 Å². The minimum absolute atomic E-state index is 0.122. The van der Waals surface area contributed by atoms with Gasteiger partial charge >= 0.3 is 5.97 Å². The van der Waals surface area contributed by atoms with Crippen LogP contribution in [0.2, 0.25) is 0 Å². The second-order valence-electron chi connectivity index (χ2n) is 6.41. The number of carboxylic acids is 1. The third kappa shape index (κ3) is 5.33. The van der Waals surface area contributed by atoms with E-state index in [0.29, 0.717) is 12.3 Å². The molecule has 2 rings (SSSR count). The van der Waals surface area contributed by atoms with Crippen LogP contribution >= 0.6 is 0 Å². The van der Waals surface area contributed by atoms with Crippen molar-refractivity contribution >= 4 is 27.4 Å². The smallest absolute Gasteiger partial charge is 0.335 e. The highest BCUT2D eigenvalue weighted by Crippen LogP contribution is 2.29. The maximum absolute atomic E-state index is 12.0.